The molecule has 1 amide bonds. The molecule has 25 heavy (non-hydrogen) atoms. The maximum atomic E-state index is 13.0. The van der Waals surface area contributed by atoms with Crippen LogP contribution in [0.15, 0.2) is 41.3 Å². The molecule has 0 radical (unpaired) electrons. The third-order valence-electron chi connectivity index (χ3n) is 5.07. The molecule has 3 heterocycles. The van der Waals surface area contributed by atoms with Crippen molar-refractivity contribution in [3.8, 4) is 0 Å². The number of ether oxygens (including phenoxy) is 2. The zero-order valence-corrected chi connectivity index (χ0v) is 14.3. The molecule has 2 aromatic rings. The number of pyridine rings is 1. The lowest BCUT2D eigenvalue weighted by atomic mass is 10.1. The quantitative estimate of drug-likeness (QED) is 0.854. The van der Waals surface area contributed by atoms with Gasteiger partial charge in [0.1, 0.15) is 6.10 Å². The molecule has 132 valence electrons. The first-order valence-electron chi connectivity index (χ1n) is 8.71. The molecule has 6 nitrogen and oxygen atoms in total. The monoisotopic (exact) mass is 342 g/mol. The molecule has 1 aliphatic carbocycles. The third-order valence-corrected chi connectivity index (χ3v) is 5.07. The summed E-state index contributed by atoms with van der Waals surface area (Å²) in [5.74, 6) is 0.342. The maximum Gasteiger partial charge on any atom is 0.290 e. The van der Waals surface area contributed by atoms with E-state index in [1.165, 1.54) is 0 Å². The summed E-state index contributed by atoms with van der Waals surface area (Å²) in [7, 11) is 0. The molecule has 0 spiro atoms. The van der Waals surface area contributed by atoms with Crippen LogP contribution in [0.3, 0.4) is 0 Å². The van der Waals surface area contributed by atoms with E-state index in [1.807, 2.05) is 30.0 Å². The summed E-state index contributed by atoms with van der Waals surface area (Å²) in [5.41, 5.74) is 1.93. The average molecular weight is 342 g/mol. The molecule has 1 saturated carbocycles. The van der Waals surface area contributed by atoms with Gasteiger partial charge in [-0.3, -0.25) is 9.78 Å². The van der Waals surface area contributed by atoms with Gasteiger partial charge in [0.2, 0.25) is 0 Å². The van der Waals surface area contributed by atoms with Gasteiger partial charge in [-0.15, -0.1) is 0 Å². The Morgan fingerprint density at radius 2 is 2.16 bits per heavy atom. The summed E-state index contributed by atoms with van der Waals surface area (Å²) >= 11 is 0. The summed E-state index contributed by atoms with van der Waals surface area (Å²) in [4.78, 5) is 18.9. The number of carbonyl (C=O) groups excluding carboxylic acids is 1. The van der Waals surface area contributed by atoms with Crippen molar-refractivity contribution in [3.05, 3.63) is 53.7 Å². The van der Waals surface area contributed by atoms with Gasteiger partial charge in [0.15, 0.2) is 5.76 Å². The molecule has 4 rings (SSSR count). The molecule has 3 atom stereocenters. The second-order valence-electron chi connectivity index (χ2n) is 6.62. The van der Waals surface area contributed by atoms with Crippen molar-refractivity contribution in [1.82, 2.24) is 9.88 Å². The van der Waals surface area contributed by atoms with Gasteiger partial charge in [0.05, 0.1) is 31.6 Å². The van der Waals surface area contributed by atoms with Crippen LogP contribution in [0.2, 0.25) is 0 Å². The number of carbonyl (C=O) groups is 1. The zero-order valence-electron chi connectivity index (χ0n) is 14.3. The number of hydrogen-bond acceptors (Lipinski definition) is 5. The number of hydrogen-bond donors (Lipinski definition) is 0. The molecule has 2 fully saturated rings. The van der Waals surface area contributed by atoms with Gasteiger partial charge in [0, 0.05) is 24.5 Å². The van der Waals surface area contributed by atoms with Crippen molar-refractivity contribution < 1.29 is 18.7 Å². The molecule has 6 heteroatoms. The Morgan fingerprint density at radius 1 is 1.32 bits per heavy atom. The highest BCUT2D eigenvalue weighted by Crippen LogP contribution is 2.33. The van der Waals surface area contributed by atoms with Crippen LogP contribution >= 0.6 is 0 Å². The highest BCUT2D eigenvalue weighted by molar-refractivity contribution is 5.93. The standard InChI is InChI=1S/C19H22N2O4/c1-13-6-10-24-17(13)19(22)21-9-11-23-16-3-2-15(21)18(16)25-12-14-4-7-20-8-5-14/h4-8,10,15-16,18H,2-3,9,11-12H2,1H3/t15-,16-,18-/m0/s1. The van der Waals surface area contributed by atoms with Crippen LogP contribution in [-0.4, -0.2) is 47.2 Å². The van der Waals surface area contributed by atoms with E-state index in [2.05, 4.69) is 4.98 Å². The van der Waals surface area contributed by atoms with Gasteiger partial charge >= 0.3 is 0 Å². The highest BCUT2D eigenvalue weighted by Gasteiger charge is 2.45. The second-order valence-corrected chi connectivity index (χ2v) is 6.62. The number of fused-ring (bicyclic) bond motifs is 2. The van der Waals surface area contributed by atoms with E-state index in [-0.39, 0.29) is 24.2 Å². The SMILES string of the molecule is Cc1ccoc1C(=O)N1CCO[C@H]2CC[C@H]1[C@@H]2OCc1ccncc1. The molecular formula is C19H22N2O4. The fraction of sp³-hybridized carbons (Fsp3) is 0.474. The minimum Gasteiger partial charge on any atom is -0.459 e. The van der Waals surface area contributed by atoms with Crippen LogP contribution in [0.25, 0.3) is 0 Å². The largest absolute Gasteiger partial charge is 0.459 e. The Labute approximate surface area is 146 Å². The highest BCUT2D eigenvalue weighted by atomic mass is 16.5. The lowest BCUT2D eigenvalue weighted by Gasteiger charge is -2.30. The molecule has 0 N–H and O–H groups in total. The minimum absolute atomic E-state index is 0.0198. The topological polar surface area (TPSA) is 64.8 Å². The lowest BCUT2D eigenvalue weighted by molar-refractivity contribution is -0.0598. The van der Waals surface area contributed by atoms with Gasteiger partial charge in [-0.25, -0.2) is 0 Å². The maximum absolute atomic E-state index is 13.0. The fourth-order valence-corrected chi connectivity index (χ4v) is 3.76. The Kier molecular flexibility index (Phi) is 4.55. The number of aryl methyl sites for hydroxylation is 1. The average Bonchev–Trinajstić information content (AvgIpc) is 3.17. The molecule has 1 aliphatic heterocycles. The van der Waals surface area contributed by atoms with E-state index in [0.29, 0.717) is 25.5 Å². The second kappa shape index (κ2) is 6.98. The van der Waals surface area contributed by atoms with Gasteiger partial charge in [-0.2, -0.15) is 0 Å². The van der Waals surface area contributed by atoms with Gasteiger partial charge in [0.25, 0.3) is 5.91 Å². The van der Waals surface area contributed by atoms with E-state index in [4.69, 9.17) is 13.9 Å². The molecule has 2 bridgehead atoms. The van der Waals surface area contributed by atoms with Gasteiger partial charge < -0.3 is 18.8 Å². The molecule has 0 unspecified atom stereocenters. The summed E-state index contributed by atoms with van der Waals surface area (Å²) in [5, 5.41) is 0. The van der Waals surface area contributed by atoms with Crippen molar-refractivity contribution >= 4 is 5.91 Å². The smallest absolute Gasteiger partial charge is 0.290 e. The number of furan rings is 1. The Balaban J connectivity index is 1.52. The van der Waals surface area contributed by atoms with E-state index >= 15 is 0 Å². The first-order chi connectivity index (χ1) is 12.2. The first kappa shape index (κ1) is 16.3. The molecule has 2 aliphatic rings. The van der Waals surface area contributed by atoms with E-state index in [0.717, 1.165) is 24.0 Å². The predicted molar refractivity (Wildman–Crippen MR) is 90.1 cm³/mol. The van der Waals surface area contributed by atoms with Crippen LogP contribution in [-0.2, 0) is 16.1 Å². The van der Waals surface area contributed by atoms with Crippen molar-refractivity contribution in [2.75, 3.05) is 13.2 Å². The minimum atomic E-state index is -0.116. The van der Waals surface area contributed by atoms with Crippen LogP contribution < -0.4 is 0 Å². The number of nitrogens with zero attached hydrogens (tertiary/aromatic N) is 2. The summed E-state index contributed by atoms with van der Waals surface area (Å²) in [6.07, 6.45) is 6.80. The van der Waals surface area contributed by atoms with Crippen molar-refractivity contribution in [2.45, 2.75) is 44.6 Å². The molecule has 2 aromatic heterocycles. The van der Waals surface area contributed by atoms with E-state index < -0.39 is 0 Å². The van der Waals surface area contributed by atoms with Crippen molar-refractivity contribution in [3.63, 3.8) is 0 Å². The normalized spacial score (nSPS) is 25.8. The zero-order chi connectivity index (χ0) is 17.2. The summed E-state index contributed by atoms with van der Waals surface area (Å²) in [6, 6.07) is 5.71. The number of amides is 1. The van der Waals surface area contributed by atoms with Crippen molar-refractivity contribution in [1.29, 1.82) is 0 Å². The molecule has 1 saturated heterocycles. The van der Waals surface area contributed by atoms with Crippen molar-refractivity contribution in [2.24, 2.45) is 0 Å². The molecule has 0 aromatic carbocycles. The van der Waals surface area contributed by atoms with Crippen LogP contribution in [0.1, 0.15) is 34.5 Å². The number of rotatable bonds is 4. The summed E-state index contributed by atoms with van der Waals surface area (Å²) < 4.78 is 17.6. The van der Waals surface area contributed by atoms with E-state index in [1.54, 1.807) is 18.7 Å². The summed E-state index contributed by atoms with van der Waals surface area (Å²) in [6.45, 7) is 3.47. The molecular weight excluding hydrogens is 320 g/mol. The Hall–Kier alpha value is -2.18. The number of aromatic nitrogens is 1. The lowest BCUT2D eigenvalue weighted by Crippen LogP contribution is -2.46. The van der Waals surface area contributed by atoms with Crippen LogP contribution in [0.4, 0.5) is 0 Å². The van der Waals surface area contributed by atoms with Crippen LogP contribution in [0, 0.1) is 6.92 Å². The van der Waals surface area contributed by atoms with E-state index in [9.17, 15) is 4.79 Å². The fourth-order valence-electron chi connectivity index (χ4n) is 3.76. The Morgan fingerprint density at radius 3 is 2.92 bits per heavy atom. The third kappa shape index (κ3) is 3.19. The Bertz CT molecular complexity index is 730. The van der Waals surface area contributed by atoms with Gasteiger partial charge in [-0.1, -0.05) is 0 Å². The first-order valence-corrected chi connectivity index (χ1v) is 8.71. The van der Waals surface area contributed by atoms with Gasteiger partial charge in [-0.05, 0) is 43.5 Å². The predicted octanol–water partition coefficient (Wildman–Crippen LogP) is 2.57. The van der Waals surface area contributed by atoms with Crippen LogP contribution in [0.5, 0.6) is 0 Å².